The molecule has 1 saturated heterocycles. The van der Waals surface area contributed by atoms with E-state index in [4.69, 9.17) is 9.47 Å². The summed E-state index contributed by atoms with van der Waals surface area (Å²) >= 11 is 0. The molecule has 38 heavy (non-hydrogen) atoms. The number of aromatic nitrogens is 2. The smallest absolute Gasteiger partial charge is 0.418 e. The second kappa shape index (κ2) is 10.1. The number of ether oxygens (including phenoxy) is 2. The third-order valence-electron chi connectivity index (χ3n) is 6.95. The van der Waals surface area contributed by atoms with Crippen molar-refractivity contribution in [3.63, 3.8) is 0 Å². The first kappa shape index (κ1) is 25.7. The predicted octanol–water partition coefficient (Wildman–Crippen LogP) is 5.09. The van der Waals surface area contributed by atoms with E-state index in [2.05, 4.69) is 0 Å². The van der Waals surface area contributed by atoms with Crippen LogP contribution in [0.3, 0.4) is 0 Å². The molecule has 1 fully saturated rings. The molecule has 0 bridgehead atoms. The molecule has 5 rings (SSSR count). The highest BCUT2D eigenvalue weighted by atomic mass is 19.4. The molecule has 0 aliphatic carbocycles. The van der Waals surface area contributed by atoms with Crippen LogP contribution in [0.4, 0.5) is 18.9 Å². The number of nitrogens with zero attached hydrogens (tertiary/aromatic N) is 3. The maximum atomic E-state index is 14.2. The Labute approximate surface area is 217 Å². The molecule has 1 N–H and O–H groups in total. The third kappa shape index (κ3) is 4.60. The van der Waals surface area contributed by atoms with Gasteiger partial charge in [-0.15, -0.1) is 0 Å². The second-order valence-corrected chi connectivity index (χ2v) is 9.21. The number of hydrogen-bond donors (Lipinski definition) is 1. The van der Waals surface area contributed by atoms with Crippen molar-refractivity contribution in [3.05, 3.63) is 70.8 Å². The summed E-state index contributed by atoms with van der Waals surface area (Å²) in [4.78, 5) is 15.9. The van der Waals surface area contributed by atoms with Gasteiger partial charge >= 0.3 is 6.18 Å². The fraction of sp³-hybridized carbons (Fsp3) is 0.321. The molecule has 0 unspecified atom stereocenters. The minimum absolute atomic E-state index is 0.115. The molecule has 0 atom stereocenters. The first-order chi connectivity index (χ1) is 18.2. The zero-order valence-electron chi connectivity index (χ0n) is 21.1. The Morgan fingerprint density at radius 2 is 1.66 bits per heavy atom. The van der Waals surface area contributed by atoms with Gasteiger partial charge in [0.25, 0.3) is 5.56 Å². The third-order valence-corrected chi connectivity index (χ3v) is 6.95. The van der Waals surface area contributed by atoms with Gasteiger partial charge in [0, 0.05) is 54.7 Å². The van der Waals surface area contributed by atoms with Crippen molar-refractivity contribution >= 4 is 16.6 Å². The van der Waals surface area contributed by atoms with Crippen molar-refractivity contribution in [1.82, 2.24) is 9.13 Å². The largest absolute Gasteiger partial charge is 0.497 e. The Morgan fingerprint density at radius 3 is 2.26 bits per heavy atom. The maximum Gasteiger partial charge on any atom is 0.418 e. The molecule has 7 nitrogen and oxygen atoms in total. The van der Waals surface area contributed by atoms with Gasteiger partial charge in [-0.2, -0.15) is 13.2 Å². The van der Waals surface area contributed by atoms with Gasteiger partial charge in [0.1, 0.15) is 17.0 Å². The SMILES string of the molecule is COc1cc(OC)cc(-c2cn(-c3cc(N4CCCC4)ccc3C(F)(F)F)c(=O)c3c2ccn3CCO)c1. The van der Waals surface area contributed by atoms with Crippen molar-refractivity contribution in [2.75, 3.05) is 38.8 Å². The molecule has 0 saturated carbocycles. The number of aliphatic hydroxyl groups excluding tert-OH is 1. The van der Waals surface area contributed by atoms with E-state index in [1.54, 1.807) is 35.0 Å². The molecule has 2 aromatic carbocycles. The van der Waals surface area contributed by atoms with Gasteiger partial charge in [-0.1, -0.05) is 0 Å². The van der Waals surface area contributed by atoms with Gasteiger partial charge in [0.15, 0.2) is 0 Å². The van der Waals surface area contributed by atoms with Crippen LogP contribution in [0.5, 0.6) is 11.5 Å². The van der Waals surface area contributed by atoms with Gasteiger partial charge in [-0.05, 0) is 54.8 Å². The molecule has 0 amide bonds. The highest BCUT2D eigenvalue weighted by Gasteiger charge is 2.35. The molecule has 0 radical (unpaired) electrons. The number of rotatable bonds is 7. The summed E-state index contributed by atoms with van der Waals surface area (Å²) in [5, 5.41) is 10.1. The number of benzene rings is 2. The topological polar surface area (TPSA) is 68.9 Å². The highest BCUT2D eigenvalue weighted by molar-refractivity contribution is 5.95. The Bertz CT molecular complexity index is 1510. The summed E-state index contributed by atoms with van der Waals surface area (Å²) in [5.41, 5.74) is 0.184. The quantitative estimate of drug-likeness (QED) is 0.363. The van der Waals surface area contributed by atoms with Crippen LogP contribution in [-0.2, 0) is 12.7 Å². The average Bonchev–Trinajstić information content (AvgIpc) is 3.59. The molecule has 200 valence electrons. The van der Waals surface area contributed by atoms with E-state index in [9.17, 15) is 23.1 Å². The van der Waals surface area contributed by atoms with Crippen molar-refractivity contribution in [2.24, 2.45) is 0 Å². The van der Waals surface area contributed by atoms with E-state index < -0.39 is 17.3 Å². The number of methoxy groups -OCH3 is 2. The Balaban J connectivity index is 1.84. The first-order valence-corrected chi connectivity index (χ1v) is 12.3. The zero-order valence-corrected chi connectivity index (χ0v) is 21.1. The first-order valence-electron chi connectivity index (χ1n) is 12.3. The van der Waals surface area contributed by atoms with Crippen molar-refractivity contribution in [1.29, 1.82) is 0 Å². The van der Waals surface area contributed by atoms with E-state index in [-0.39, 0.29) is 24.4 Å². The molecule has 4 aromatic rings. The summed E-state index contributed by atoms with van der Waals surface area (Å²) in [6.07, 6.45) is 0.330. The van der Waals surface area contributed by atoms with Gasteiger partial charge in [0.05, 0.1) is 32.1 Å². The normalized spacial score (nSPS) is 13.9. The fourth-order valence-electron chi connectivity index (χ4n) is 5.10. The zero-order chi connectivity index (χ0) is 27.0. The molecular formula is C28H28F3N3O4. The van der Waals surface area contributed by atoms with E-state index in [0.717, 1.165) is 36.6 Å². The van der Waals surface area contributed by atoms with Gasteiger partial charge in [0.2, 0.25) is 0 Å². The summed E-state index contributed by atoms with van der Waals surface area (Å²) < 4.78 is 56.2. The van der Waals surface area contributed by atoms with Crippen LogP contribution in [0.25, 0.3) is 27.7 Å². The molecule has 3 heterocycles. The number of alkyl halides is 3. The van der Waals surface area contributed by atoms with Crippen molar-refractivity contribution in [2.45, 2.75) is 25.6 Å². The van der Waals surface area contributed by atoms with E-state index in [1.165, 1.54) is 32.5 Å². The monoisotopic (exact) mass is 527 g/mol. The lowest BCUT2D eigenvalue weighted by Crippen LogP contribution is -2.25. The lowest BCUT2D eigenvalue weighted by molar-refractivity contribution is -0.137. The molecular weight excluding hydrogens is 499 g/mol. The second-order valence-electron chi connectivity index (χ2n) is 9.21. The van der Waals surface area contributed by atoms with Crippen LogP contribution >= 0.6 is 0 Å². The minimum atomic E-state index is -4.68. The lowest BCUT2D eigenvalue weighted by Gasteiger charge is -2.22. The van der Waals surface area contributed by atoms with E-state index in [0.29, 0.717) is 33.7 Å². The molecule has 2 aromatic heterocycles. The number of fused-ring (bicyclic) bond motifs is 1. The molecule has 1 aliphatic heterocycles. The Hall–Kier alpha value is -3.92. The number of pyridine rings is 1. The van der Waals surface area contributed by atoms with Crippen LogP contribution < -0.4 is 19.9 Å². The fourth-order valence-corrected chi connectivity index (χ4v) is 5.10. The predicted molar refractivity (Wildman–Crippen MR) is 140 cm³/mol. The van der Waals surface area contributed by atoms with Crippen LogP contribution in [0.2, 0.25) is 0 Å². The summed E-state index contributed by atoms with van der Waals surface area (Å²) in [6.45, 7) is 1.36. The summed E-state index contributed by atoms with van der Waals surface area (Å²) in [5.74, 6) is 0.985. The van der Waals surface area contributed by atoms with Gasteiger partial charge in [-0.3, -0.25) is 9.36 Å². The molecule has 10 heteroatoms. The number of halogens is 3. The van der Waals surface area contributed by atoms with Crippen LogP contribution in [-0.4, -0.2) is 48.2 Å². The molecule has 0 spiro atoms. The average molecular weight is 528 g/mol. The van der Waals surface area contributed by atoms with Crippen LogP contribution in [0.1, 0.15) is 18.4 Å². The van der Waals surface area contributed by atoms with Crippen molar-refractivity contribution in [3.8, 4) is 28.3 Å². The minimum Gasteiger partial charge on any atom is -0.497 e. The summed E-state index contributed by atoms with van der Waals surface area (Å²) in [6, 6.07) is 10.8. The Morgan fingerprint density at radius 1 is 0.974 bits per heavy atom. The van der Waals surface area contributed by atoms with Gasteiger partial charge in [-0.25, -0.2) is 0 Å². The Kier molecular flexibility index (Phi) is 6.83. The maximum absolute atomic E-state index is 14.2. The van der Waals surface area contributed by atoms with Gasteiger partial charge < -0.3 is 24.0 Å². The van der Waals surface area contributed by atoms with Crippen molar-refractivity contribution < 1.29 is 27.8 Å². The number of hydrogen-bond acceptors (Lipinski definition) is 5. The highest BCUT2D eigenvalue weighted by Crippen LogP contribution is 2.38. The van der Waals surface area contributed by atoms with Crippen LogP contribution in [0, 0.1) is 0 Å². The lowest BCUT2D eigenvalue weighted by atomic mass is 10.0. The molecule has 1 aliphatic rings. The summed E-state index contributed by atoms with van der Waals surface area (Å²) in [7, 11) is 3.01. The number of anilines is 1. The van der Waals surface area contributed by atoms with Crippen LogP contribution in [0.15, 0.2) is 59.7 Å². The van der Waals surface area contributed by atoms with E-state index in [1.807, 2.05) is 4.90 Å². The standard InChI is InChI=1S/C28H28F3N3O4/c1-37-20-13-18(14-21(16-20)38-2)23-17-34(27(36)26-22(23)7-10-33(26)11-12-35)25-15-19(32-8-3-4-9-32)5-6-24(25)28(29,30)31/h5-7,10,13-17,35H,3-4,8-9,11-12H2,1-2H3. The van der Waals surface area contributed by atoms with E-state index >= 15 is 0 Å². The number of aliphatic hydroxyl groups is 1.